The Kier molecular flexibility index (Phi) is 5.10. The van der Waals surface area contributed by atoms with Gasteiger partial charge in [-0.2, -0.15) is 5.26 Å². The number of carbonyl (C=O) groups is 1. The van der Waals surface area contributed by atoms with Gasteiger partial charge in [0, 0.05) is 17.0 Å². The molecule has 1 aromatic carbocycles. The molecule has 3 rings (SSSR count). The molecule has 1 aliphatic heterocycles. The van der Waals surface area contributed by atoms with Gasteiger partial charge >= 0.3 is 0 Å². The average molecular weight is 405 g/mol. The van der Waals surface area contributed by atoms with Crippen molar-refractivity contribution in [2.24, 2.45) is 5.14 Å². The summed E-state index contributed by atoms with van der Waals surface area (Å²) in [5, 5.41) is 21.4. The van der Waals surface area contributed by atoms with Crippen LogP contribution in [0, 0.1) is 11.3 Å². The molecule has 2 heterocycles. The van der Waals surface area contributed by atoms with Gasteiger partial charge in [-0.25, -0.2) is 13.6 Å². The SMILES string of the molecule is CC1(C)Cc2sc(NC(=O)Cc3ccc(S(N)(=O)=O)cc3)c(C#N)c2CN1. The van der Waals surface area contributed by atoms with E-state index in [0.717, 1.165) is 16.9 Å². The van der Waals surface area contributed by atoms with E-state index in [9.17, 15) is 18.5 Å². The first kappa shape index (κ1) is 19.5. The second-order valence-corrected chi connectivity index (χ2v) is 9.81. The lowest BCUT2D eigenvalue weighted by atomic mass is 9.92. The fraction of sp³-hybridized carbons (Fsp3) is 0.333. The first-order chi connectivity index (χ1) is 12.6. The molecule has 0 saturated heterocycles. The van der Waals surface area contributed by atoms with Crippen LogP contribution in [0.1, 0.15) is 35.4 Å². The summed E-state index contributed by atoms with van der Waals surface area (Å²) in [6.07, 6.45) is 0.870. The number of benzene rings is 1. The van der Waals surface area contributed by atoms with Crippen molar-refractivity contribution in [2.75, 3.05) is 5.32 Å². The van der Waals surface area contributed by atoms with Crippen molar-refractivity contribution in [1.29, 1.82) is 5.26 Å². The highest BCUT2D eigenvalue weighted by molar-refractivity contribution is 7.89. The van der Waals surface area contributed by atoms with Crippen LogP contribution in [0.5, 0.6) is 0 Å². The maximum Gasteiger partial charge on any atom is 0.238 e. The fourth-order valence-corrected chi connectivity index (χ4v) is 4.92. The molecule has 0 saturated carbocycles. The summed E-state index contributed by atoms with van der Waals surface area (Å²) in [7, 11) is -3.76. The highest BCUT2D eigenvalue weighted by atomic mass is 32.2. The molecule has 142 valence electrons. The van der Waals surface area contributed by atoms with Gasteiger partial charge in [0.2, 0.25) is 15.9 Å². The number of anilines is 1. The van der Waals surface area contributed by atoms with Gasteiger partial charge in [0.05, 0.1) is 16.9 Å². The molecule has 1 amide bonds. The average Bonchev–Trinajstić information content (AvgIpc) is 2.88. The van der Waals surface area contributed by atoms with Gasteiger partial charge < -0.3 is 10.6 Å². The Balaban J connectivity index is 1.75. The summed E-state index contributed by atoms with van der Waals surface area (Å²) in [5.74, 6) is -0.263. The number of fused-ring (bicyclic) bond motifs is 1. The number of hydrogen-bond donors (Lipinski definition) is 3. The first-order valence-electron chi connectivity index (χ1n) is 8.30. The first-order valence-corrected chi connectivity index (χ1v) is 10.7. The summed E-state index contributed by atoms with van der Waals surface area (Å²) in [6, 6.07) is 8.05. The van der Waals surface area contributed by atoms with E-state index in [0.29, 0.717) is 22.7 Å². The number of hydrogen-bond acceptors (Lipinski definition) is 6. The number of nitrogens with two attached hydrogens (primary N) is 1. The third-order valence-electron chi connectivity index (χ3n) is 4.42. The Bertz CT molecular complexity index is 1030. The lowest BCUT2D eigenvalue weighted by Crippen LogP contribution is -2.44. The quantitative estimate of drug-likeness (QED) is 0.717. The number of nitrogens with zero attached hydrogens (tertiary/aromatic N) is 1. The lowest BCUT2D eigenvalue weighted by molar-refractivity contribution is -0.115. The third-order valence-corrected chi connectivity index (χ3v) is 6.49. The molecular formula is C18H20N4O3S2. The van der Waals surface area contributed by atoms with Gasteiger partial charge in [-0.3, -0.25) is 4.79 Å². The van der Waals surface area contributed by atoms with Crippen LogP contribution in [-0.4, -0.2) is 19.9 Å². The predicted molar refractivity (Wildman–Crippen MR) is 104 cm³/mol. The second-order valence-electron chi connectivity index (χ2n) is 7.15. The Morgan fingerprint density at radius 1 is 1.37 bits per heavy atom. The molecule has 0 unspecified atom stereocenters. The van der Waals surface area contributed by atoms with Gasteiger partial charge in [-0.1, -0.05) is 12.1 Å². The zero-order valence-corrected chi connectivity index (χ0v) is 16.6. The molecule has 27 heavy (non-hydrogen) atoms. The molecule has 4 N–H and O–H groups in total. The zero-order chi connectivity index (χ0) is 19.8. The molecule has 0 radical (unpaired) electrons. The molecule has 1 aromatic heterocycles. The molecule has 7 nitrogen and oxygen atoms in total. The Morgan fingerprint density at radius 3 is 2.63 bits per heavy atom. The van der Waals surface area contributed by atoms with Crippen molar-refractivity contribution >= 4 is 32.3 Å². The number of rotatable bonds is 4. The van der Waals surface area contributed by atoms with Crippen LogP contribution < -0.4 is 15.8 Å². The molecule has 0 spiro atoms. The summed E-state index contributed by atoms with van der Waals surface area (Å²) < 4.78 is 22.6. The number of sulfonamides is 1. The van der Waals surface area contributed by atoms with Crippen molar-refractivity contribution in [2.45, 2.75) is 43.7 Å². The topological polar surface area (TPSA) is 125 Å². The highest BCUT2D eigenvalue weighted by Crippen LogP contribution is 2.37. The molecule has 2 aromatic rings. The molecule has 1 aliphatic rings. The number of primary sulfonamides is 1. The van der Waals surface area contributed by atoms with Crippen molar-refractivity contribution < 1.29 is 13.2 Å². The van der Waals surface area contributed by atoms with Crippen LogP contribution in [0.3, 0.4) is 0 Å². The Morgan fingerprint density at radius 2 is 2.04 bits per heavy atom. The van der Waals surface area contributed by atoms with Crippen molar-refractivity contribution in [3.8, 4) is 6.07 Å². The summed E-state index contributed by atoms with van der Waals surface area (Å²) in [5.41, 5.74) is 2.07. The van der Waals surface area contributed by atoms with E-state index < -0.39 is 10.0 Å². The van der Waals surface area contributed by atoms with E-state index in [2.05, 4.69) is 30.6 Å². The van der Waals surface area contributed by atoms with Gasteiger partial charge in [-0.15, -0.1) is 11.3 Å². The van der Waals surface area contributed by atoms with Gasteiger partial charge in [0.25, 0.3) is 0 Å². The van der Waals surface area contributed by atoms with Crippen molar-refractivity contribution in [3.63, 3.8) is 0 Å². The lowest BCUT2D eigenvalue weighted by Gasteiger charge is -2.30. The van der Waals surface area contributed by atoms with Crippen LogP contribution in [-0.2, 0) is 34.2 Å². The number of thiophene rings is 1. The van der Waals surface area contributed by atoms with E-state index in [1.54, 1.807) is 12.1 Å². The number of amides is 1. The maximum absolute atomic E-state index is 12.4. The standard InChI is InChI=1S/C18H20N4O3S2/c1-18(2)8-15-14(10-21-18)13(9-19)17(26-15)22-16(23)7-11-3-5-12(6-4-11)27(20,24)25/h3-6,21H,7-8,10H2,1-2H3,(H,22,23)(H2,20,24,25). The van der Waals surface area contributed by atoms with Gasteiger partial charge in [0.15, 0.2) is 0 Å². The molecular weight excluding hydrogens is 384 g/mol. The molecule has 0 atom stereocenters. The predicted octanol–water partition coefficient (Wildman–Crippen LogP) is 1.87. The van der Waals surface area contributed by atoms with Crippen LogP contribution >= 0.6 is 11.3 Å². The molecule has 0 fully saturated rings. The van der Waals surface area contributed by atoms with Gasteiger partial charge in [0.1, 0.15) is 11.1 Å². The van der Waals surface area contributed by atoms with Crippen molar-refractivity contribution in [3.05, 3.63) is 45.8 Å². The summed E-state index contributed by atoms with van der Waals surface area (Å²) >= 11 is 1.44. The van der Waals surface area contributed by atoms with E-state index in [-0.39, 0.29) is 22.8 Å². The van der Waals surface area contributed by atoms with Crippen LogP contribution in [0.15, 0.2) is 29.2 Å². The monoisotopic (exact) mass is 404 g/mol. The van der Waals surface area contributed by atoms with Crippen LogP contribution in [0.25, 0.3) is 0 Å². The molecule has 9 heteroatoms. The molecule has 0 bridgehead atoms. The number of carbonyl (C=O) groups excluding carboxylic acids is 1. The summed E-state index contributed by atoms with van der Waals surface area (Å²) in [4.78, 5) is 13.5. The molecule has 0 aliphatic carbocycles. The van der Waals surface area contributed by atoms with Gasteiger partial charge in [-0.05, 0) is 43.5 Å². The third kappa shape index (κ3) is 4.36. The highest BCUT2D eigenvalue weighted by Gasteiger charge is 2.30. The maximum atomic E-state index is 12.4. The normalized spacial score (nSPS) is 15.6. The smallest absolute Gasteiger partial charge is 0.238 e. The fourth-order valence-electron chi connectivity index (χ4n) is 2.99. The second kappa shape index (κ2) is 7.05. The minimum atomic E-state index is -3.76. The van der Waals surface area contributed by atoms with Crippen LogP contribution in [0.2, 0.25) is 0 Å². The largest absolute Gasteiger partial charge is 0.316 e. The van der Waals surface area contributed by atoms with E-state index in [1.165, 1.54) is 23.5 Å². The zero-order valence-electron chi connectivity index (χ0n) is 15.0. The Hall–Kier alpha value is -2.25. The Labute approximate surface area is 162 Å². The number of nitriles is 1. The van der Waals surface area contributed by atoms with Crippen LogP contribution in [0.4, 0.5) is 5.00 Å². The van der Waals surface area contributed by atoms with E-state index in [1.807, 2.05) is 0 Å². The van der Waals surface area contributed by atoms with E-state index >= 15 is 0 Å². The summed E-state index contributed by atoms with van der Waals surface area (Å²) in [6.45, 7) is 4.81. The minimum Gasteiger partial charge on any atom is -0.316 e. The van der Waals surface area contributed by atoms with Crippen molar-refractivity contribution in [1.82, 2.24) is 5.32 Å². The van der Waals surface area contributed by atoms with E-state index in [4.69, 9.17) is 5.14 Å². The number of nitrogens with one attached hydrogen (secondary N) is 2. The minimum absolute atomic E-state index is 0.000489.